The van der Waals surface area contributed by atoms with Gasteiger partial charge in [0.1, 0.15) is 22.7 Å². The lowest BCUT2D eigenvalue weighted by Gasteiger charge is -2.28. The number of hydrogen-bond donors (Lipinski definition) is 2. The molecule has 4 amide bonds. The maximum Gasteiger partial charge on any atom is 0.415 e. The minimum Gasteiger partial charge on any atom is -0.455 e. The van der Waals surface area contributed by atoms with E-state index in [4.69, 9.17) is 28.7 Å². The number of hydrogen-bond acceptors (Lipinski definition) is 11. The van der Waals surface area contributed by atoms with Crippen molar-refractivity contribution >= 4 is 62.6 Å². The van der Waals surface area contributed by atoms with E-state index in [1.54, 1.807) is 37.6 Å². The molecule has 2 saturated carbocycles. The van der Waals surface area contributed by atoms with Crippen molar-refractivity contribution in [2.45, 2.75) is 111 Å². The van der Waals surface area contributed by atoms with Gasteiger partial charge in [-0.3, -0.25) is 28.2 Å². The molecule has 17 nitrogen and oxygen atoms in total. The van der Waals surface area contributed by atoms with Crippen LogP contribution in [0.5, 0.6) is 11.5 Å². The van der Waals surface area contributed by atoms with Crippen molar-refractivity contribution < 1.29 is 42.9 Å². The standard InChI is InChI=1S/C33H38N4O5.C26H31BrN4O4/c1-21-9-7-8-10-29(21)41-25-18-27(36(15-16-40-6)32(39)42-33(3,4)5)30-34-19-28(37(30)20-25)23-11-14-26(22(2)17-23)31(38)35-24-12-13-24;1-16-12-17(6-9-20(16)24(32)29-19-7-8-19)22-14-28-23-21(13-18(27)15-31(22)23)30(10-11-34-5)25(33)35-26(2,3)4/h7-11,14,17-20,24H,12-13,15-16H2,1-6H3,(H,35,38);6,9,12-15,19H,7-8,10-11H2,1-5H3,(H,29,32). The van der Waals surface area contributed by atoms with Crippen LogP contribution in [-0.2, 0) is 18.9 Å². The van der Waals surface area contributed by atoms with E-state index in [9.17, 15) is 19.2 Å². The lowest BCUT2D eigenvalue weighted by molar-refractivity contribution is 0.0559. The number of ether oxygens (including phenoxy) is 5. The first-order valence-corrected chi connectivity index (χ1v) is 26.6. The number of imidazole rings is 2. The van der Waals surface area contributed by atoms with Crippen molar-refractivity contribution in [3.8, 4) is 34.0 Å². The van der Waals surface area contributed by atoms with Crippen LogP contribution in [-0.4, -0.2) is 107 Å². The summed E-state index contributed by atoms with van der Waals surface area (Å²) in [6.45, 7) is 18.0. The third-order valence-corrected chi connectivity index (χ3v) is 13.1. The van der Waals surface area contributed by atoms with Crippen LogP contribution < -0.4 is 25.2 Å². The Kier molecular flexibility index (Phi) is 17.1. The molecule has 2 fully saturated rings. The maximum atomic E-state index is 13.5. The van der Waals surface area contributed by atoms with Crippen molar-refractivity contribution in [1.82, 2.24) is 29.4 Å². The van der Waals surface area contributed by atoms with Gasteiger partial charge in [-0.15, -0.1) is 0 Å². The second-order valence-corrected chi connectivity index (χ2v) is 22.4. The van der Waals surface area contributed by atoms with Crippen molar-refractivity contribution in [2.75, 3.05) is 50.3 Å². The summed E-state index contributed by atoms with van der Waals surface area (Å²) in [5, 5.41) is 6.10. The largest absolute Gasteiger partial charge is 0.455 e. The van der Waals surface area contributed by atoms with E-state index in [1.807, 2.05) is 150 Å². The Morgan fingerprint density at radius 2 is 1.08 bits per heavy atom. The lowest BCUT2D eigenvalue weighted by Crippen LogP contribution is -2.39. The molecule has 4 heterocycles. The molecular formula is C59H69BrN8O9. The van der Waals surface area contributed by atoms with Gasteiger partial charge < -0.3 is 34.3 Å². The summed E-state index contributed by atoms with van der Waals surface area (Å²) >= 11 is 3.58. The van der Waals surface area contributed by atoms with E-state index >= 15 is 0 Å². The summed E-state index contributed by atoms with van der Waals surface area (Å²) in [7, 11) is 3.18. The fraction of sp³-hybridized carbons (Fsp3) is 0.390. The van der Waals surface area contributed by atoms with Crippen LogP contribution in [0.15, 0.2) is 102 Å². The van der Waals surface area contributed by atoms with Crippen LogP contribution in [0.25, 0.3) is 33.8 Å². The highest BCUT2D eigenvalue weighted by molar-refractivity contribution is 9.10. The molecule has 2 aliphatic carbocycles. The molecule has 0 bridgehead atoms. The predicted molar refractivity (Wildman–Crippen MR) is 302 cm³/mol. The highest BCUT2D eigenvalue weighted by atomic mass is 79.9. The zero-order chi connectivity index (χ0) is 55.3. The van der Waals surface area contributed by atoms with Gasteiger partial charge in [-0.2, -0.15) is 0 Å². The highest BCUT2D eigenvalue weighted by Crippen LogP contribution is 2.36. The molecule has 2 aliphatic rings. The van der Waals surface area contributed by atoms with E-state index in [-0.39, 0.29) is 24.4 Å². The topological polar surface area (TPSA) is 180 Å². The third-order valence-electron chi connectivity index (χ3n) is 12.6. The molecule has 406 valence electrons. The predicted octanol–water partition coefficient (Wildman–Crippen LogP) is 12.0. The number of aromatic nitrogens is 4. The fourth-order valence-corrected chi connectivity index (χ4v) is 8.94. The van der Waals surface area contributed by atoms with E-state index in [2.05, 4.69) is 31.5 Å². The number of pyridine rings is 2. The van der Waals surface area contributed by atoms with Crippen molar-refractivity contribution in [1.29, 1.82) is 0 Å². The van der Waals surface area contributed by atoms with Crippen molar-refractivity contribution in [3.63, 3.8) is 0 Å². The van der Waals surface area contributed by atoms with E-state index in [0.717, 1.165) is 69.4 Å². The summed E-state index contributed by atoms with van der Waals surface area (Å²) in [6, 6.07) is 23.5. The Morgan fingerprint density at radius 1 is 0.623 bits per heavy atom. The van der Waals surface area contributed by atoms with E-state index in [1.165, 1.54) is 4.90 Å². The number of methoxy groups -OCH3 is 2. The number of fused-ring (bicyclic) bond motifs is 2. The van der Waals surface area contributed by atoms with E-state index in [0.29, 0.717) is 71.1 Å². The van der Waals surface area contributed by atoms with Gasteiger partial charge in [-0.25, -0.2) is 19.6 Å². The molecule has 4 aromatic heterocycles. The number of halogens is 1. The average molecular weight is 1110 g/mol. The first-order chi connectivity index (χ1) is 36.6. The number of rotatable bonds is 16. The zero-order valence-corrected chi connectivity index (χ0v) is 47.4. The number of nitrogens with zero attached hydrogens (tertiary/aromatic N) is 6. The quantitative estimate of drug-likeness (QED) is 0.0940. The van der Waals surface area contributed by atoms with Crippen LogP contribution >= 0.6 is 15.9 Å². The monoisotopic (exact) mass is 1110 g/mol. The Balaban J connectivity index is 0.000000207. The number of aryl methyl sites for hydroxylation is 3. The van der Waals surface area contributed by atoms with Gasteiger partial charge in [-0.1, -0.05) is 30.3 Å². The molecule has 0 aliphatic heterocycles. The lowest BCUT2D eigenvalue weighted by atomic mass is 10.0. The molecule has 9 rings (SSSR count). The minimum atomic E-state index is -0.695. The molecule has 0 spiro atoms. The summed E-state index contributed by atoms with van der Waals surface area (Å²) in [5.74, 6) is 1.13. The number of carbonyl (C=O) groups is 4. The molecule has 18 heteroatoms. The van der Waals surface area contributed by atoms with Gasteiger partial charge in [0, 0.05) is 65.3 Å². The summed E-state index contributed by atoms with van der Waals surface area (Å²) in [5.41, 5.74) is 8.44. The second kappa shape index (κ2) is 23.5. The number of benzene rings is 3. The summed E-state index contributed by atoms with van der Waals surface area (Å²) in [4.78, 5) is 64.3. The highest BCUT2D eigenvalue weighted by Gasteiger charge is 2.30. The van der Waals surface area contributed by atoms with Crippen molar-refractivity contribution in [3.05, 3.63) is 130 Å². The third kappa shape index (κ3) is 14.0. The summed E-state index contributed by atoms with van der Waals surface area (Å²) < 4.78 is 33.0. The van der Waals surface area contributed by atoms with Gasteiger partial charge >= 0.3 is 12.2 Å². The molecule has 2 N–H and O–H groups in total. The normalized spacial score (nSPS) is 13.4. The van der Waals surface area contributed by atoms with Crippen LogP contribution in [0.3, 0.4) is 0 Å². The van der Waals surface area contributed by atoms with Gasteiger partial charge in [-0.05, 0) is 157 Å². The second-order valence-electron chi connectivity index (χ2n) is 21.5. The first-order valence-electron chi connectivity index (χ1n) is 25.8. The van der Waals surface area contributed by atoms with Crippen LogP contribution in [0.2, 0.25) is 0 Å². The van der Waals surface area contributed by atoms with Gasteiger partial charge in [0.2, 0.25) is 0 Å². The molecule has 3 aromatic carbocycles. The summed E-state index contributed by atoms with van der Waals surface area (Å²) in [6.07, 6.45) is 10.5. The molecule has 0 saturated heterocycles. The molecule has 0 unspecified atom stereocenters. The van der Waals surface area contributed by atoms with Crippen LogP contribution in [0, 0.1) is 20.8 Å². The fourth-order valence-electron chi connectivity index (χ4n) is 8.52. The van der Waals surface area contributed by atoms with Crippen LogP contribution in [0.1, 0.15) is 105 Å². The number of anilines is 2. The van der Waals surface area contributed by atoms with Crippen molar-refractivity contribution in [2.24, 2.45) is 0 Å². The molecule has 7 aromatic rings. The smallest absolute Gasteiger partial charge is 0.415 e. The average Bonchev–Trinajstić information content (AvgIpc) is 4.30. The van der Waals surface area contributed by atoms with Gasteiger partial charge in [0.05, 0.1) is 67.7 Å². The Morgan fingerprint density at radius 3 is 1.51 bits per heavy atom. The Hall–Kier alpha value is -7.28. The molecule has 0 radical (unpaired) electrons. The first kappa shape index (κ1) is 55.9. The van der Waals surface area contributed by atoms with Gasteiger partial charge in [0.25, 0.3) is 11.8 Å². The maximum absolute atomic E-state index is 13.5. The Bertz CT molecular complexity index is 3310. The Labute approximate surface area is 458 Å². The van der Waals surface area contributed by atoms with Crippen LogP contribution in [0.4, 0.5) is 21.0 Å². The number of carbonyl (C=O) groups excluding carboxylic acids is 4. The molecular weight excluding hydrogens is 1040 g/mol. The number of amides is 4. The zero-order valence-electron chi connectivity index (χ0n) is 45.8. The van der Waals surface area contributed by atoms with E-state index < -0.39 is 23.4 Å². The number of para-hydroxylation sites is 1. The molecule has 77 heavy (non-hydrogen) atoms. The SMILES string of the molecule is COCCN(C(=O)OC(C)(C)C)c1cc(Br)cn2c(-c3ccc(C(=O)NC4CC4)c(C)c3)cnc12.COCCN(C(=O)OC(C)(C)C)c1cc(Oc2ccccc2C)cn2c(-c3ccc(C(=O)NC4CC4)c(C)c3)cnc12. The minimum absolute atomic E-state index is 0.0362. The number of nitrogens with one attached hydrogen (secondary N) is 2. The molecule has 0 atom stereocenters. The van der Waals surface area contributed by atoms with Gasteiger partial charge in [0.15, 0.2) is 11.3 Å².